The van der Waals surface area contributed by atoms with Crippen LogP contribution in [0.1, 0.15) is 31.7 Å². The minimum atomic E-state index is -0.334. The average molecular weight is 252 g/mol. The highest BCUT2D eigenvalue weighted by Crippen LogP contribution is 2.38. The van der Waals surface area contributed by atoms with Crippen LogP contribution in [-0.2, 0) is 11.2 Å². The van der Waals surface area contributed by atoms with Crippen molar-refractivity contribution in [3.05, 3.63) is 34.9 Å². The van der Waals surface area contributed by atoms with E-state index in [-0.39, 0.29) is 17.2 Å². The standard InChI is InChI=1S/C14H18ClNO/c1-14(8-2-3-12(14)16)13(17)9-10-4-6-11(15)7-5-10/h4-7,12H,2-3,8-9,16H2,1H3. The Balaban J connectivity index is 2.09. The molecule has 0 aromatic heterocycles. The average Bonchev–Trinajstić information content (AvgIpc) is 2.64. The fraction of sp³-hybridized carbons (Fsp3) is 0.500. The summed E-state index contributed by atoms with van der Waals surface area (Å²) in [6.07, 6.45) is 3.40. The minimum absolute atomic E-state index is 0.0160. The molecule has 1 fully saturated rings. The summed E-state index contributed by atoms with van der Waals surface area (Å²) in [4.78, 5) is 12.3. The number of halogens is 1. The second kappa shape index (κ2) is 4.79. The van der Waals surface area contributed by atoms with Crippen molar-refractivity contribution < 1.29 is 4.79 Å². The Labute approximate surface area is 107 Å². The van der Waals surface area contributed by atoms with Crippen LogP contribution in [0.5, 0.6) is 0 Å². The van der Waals surface area contributed by atoms with Gasteiger partial charge in [0.1, 0.15) is 5.78 Å². The molecule has 0 radical (unpaired) electrons. The lowest BCUT2D eigenvalue weighted by Crippen LogP contribution is -2.41. The molecule has 0 spiro atoms. The number of ketones is 1. The van der Waals surface area contributed by atoms with Gasteiger partial charge < -0.3 is 5.73 Å². The van der Waals surface area contributed by atoms with Crippen molar-refractivity contribution in [2.75, 3.05) is 0 Å². The van der Waals surface area contributed by atoms with Crippen molar-refractivity contribution in [2.24, 2.45) is 11.1 Å². The summed E-state index contributed by atoms with van der Waals surface area (Å²) in [6, 6.07) is 7.47. The van der Waals surface area contributed by atoms with Gasteiger partial charge in [-0.1, -0.05) is 37.1 Å². The van der Waals surface area contributed by atoms with E-state index < -0.39 is 0 Å². The zero-order chi connectivity index (χ0) is 12.5. The second-order valence-electron chi connectivity index (χ2n) is 5.14. The zero-order valence-corrected chi connectivity index (χ0v) is 10.8. The topological polar surface area (TPSA) is 43.1 Å². The van der Waals surface area contributed by atoms with E-state index >= 15 is 0 Å². The van der Waals surface area contributed by atoms with Gasteiger partial charge >= 0.3 is 0 Å². The number of Topliss-reactive ketones (excluding diaryl/α,β-unsaturated/α-hetero) is 1. The lowest BCUT2D eigenvalue weighted by Gasteiger charge is -2.27. The van der Waals surface area contributed by atoms with Crippen molar-refractivity contribution in [1.29, 1.82) is 0 Å². The van der Waals surface area contributed by atoms with Gasteiger partial charge in [0.2, 0.25) is 0 Å². The van der Waals surface area contributed by atoms with Gasteiger partial charge in [0.15, 0.2) is 0 Å². The number of hydrogen-bond donors (Lipinski definition) is 1. The quantitative estimate of drug-likeness (QED) is 0.898. The van der Waals surface area contributed by atoms with Crippen LogP contribution in [0, 0.1) is 5.41 Å². The molecule has 1 saturated carbocycles. The van der Waals surface area contributed by atoms with Gasteiger partial charge in [-0.2, -0.15) is 0 Å². The molecule has 0 aliphatic heterocycles. The summed E-state index contributed by atoms with van der Waals surface area (Å²) in [6.45, 7) is 2.00. The van der Waals surface area contributed by atoms with E-state index in [1.807, 2.05) is 31.2 Å². The molecule has 2 rings (SSSR count). The van der Waals surface area contributed by atoms with E-state index in [4.69, 9.17) is 17.3 Å². The largest absolute Gasteiger partial charge is 0.327 e. The number of benzene rings is 1. The number of nitrogens with two attached hydrogens (primary N) is 1. The van der Waals surface area contributed by atoms with E-state index in [1.165, 1.54) is 0 Å². The molecule has 1 aliphatic carbocycles. The lowest BCUT2D eigenvalue weighted by molar-refractivity contribution is -0.127. The van der Waals surface area contributed by atoms with Gasteiger partial charge in [0.25, 0.3) is 0 Å². The summed E-state index contributed by atoms with van der Waals surface area (Å²) >= 11 is 5.82. The molecule has 2 N–H and O–H groups in total. The van der Waals surface area contributed by atoms with Gasteiger partial charge in [-0.25, -0.2) is 0 Å². The molecule has 92 valence electrons. The molecule has 0 heterocycles. The summed E-state index contributed by atoms with van der Waals surface area (Å²) in [5.74, 6) is 0.254. The fourth-order valence-corrected chi connectivity index (χ4v) is 2.65. The van der Waals surface area contributed by atoms with Crippen molar-refractivity contribution in [2.45, 2.75) is 38.6 Å². The van der Waals surface area contributed by atoms with Crippen LogP contribution in [0.2, 0.25) is 5.02 Å². The molecular weight excluding hydrogens is 234 g/mol. The van der Waals surface area contributed by atoms with E-state index in [9.17, 15) is 4.79 Å². The molecule has 1 aliphatic rings. The number of rotatable bonds is 3. The lowest BCUT2D eigenvalue weighted by atomic mass is 9.78. The van der Waals surface area contributed by atoms with E-state index in [0.717, 1.165) is 24.8 Å². The van der Waals surface area contributed by atoms with Crippen molar-refractivity contribution >= 4 is 17.4 Å². The van der Waals surface area contributed by atoms with Gasteiger partial charge in [-0.15, -0.1) is 0 Å². The van der Waals surface area contributed by atoms with Crippen LogP contribution in [0.25, 0.3) is 0 Å². The van der Waals surface area contributed by atoms with Crippen LogP contribution in [0.3, 0.4) is 0 Å². The number of hydrogen-bond acceptors (Lipinski definition) is 2. The minimum Gasteiger partial charge on any atom is -0.327 e. The van der Waals surface area contributed by atoms with Crippen molar-refractivity contribution in [3.8, 4) is 0 Å². The van der Waals surface area contributed by atoms with Crippen molar-refractivity contribution in [3.63, 3.8) is 0 Å². The maximum Gasteiger partial charge on any atom is 0.144 e. The molecule has 2 nitrogen and oxygen atoms in total. The molecule has 0 amide bonds. The first kappa shape index (κ1) is 12.6. The molecule has 17 heavy (non-hydrogen) atoms. The highest BCUT2D eigenvalue weighted by molar-refractivity contribution is 6.30. The van der Waals surface area contributed by atoms with E-state index in [1.54, 1.807) is 0 Å². The third kappa shape index (κ3) is 2.53. The van der Waals surface area contributed by atoms with Crippen LogP contribution < -0.4 is 5.73 Å². The fourth-order valence-electron chi connectivity index (χ4n) is 2.53. The first-order valence-electron chi connectivity index (χ1n) is 6.06. The summed E-state index contributed by atoms with van der Waals surface area (Å²) < 4.78 is 0. The predicted molar refractivity (Wildman–Crippen MR) is 70.1 cm³/mol. The van der Waals surface area contributed by atoms with Gasteiger partial charge in [0.05, 0.1) is 0 Å². The summed E-state index contributed by atoms with van der Waals surface area (Å²) in [5.41, 5.74) is 6.73. The normalized spacial score (nSPS) is 28.3. The third-order valence-electron chi connectivity index (χ3n) is 3.94. The molecule has 0 bridgehead atoms. The molecule has 0 saturated heterocycles. The molecule has 3 heteroatoms. The first-order valence-corrected chi connectivity index (χ1v) is 6.43. The predicted octanol–water partition coefficient (Wildman–Crippen LogP) is 2.97. The molecule has 1 aromatic carbocycles. The Hall–Kier alpha value is -0.860. The summed E-state index contributed by atoms with van der Waals surface area (Å²) in [5, 5.41) is 0.699. The maximum atomic E-state index is 12.3. The third-order valence-corrected chi connectivity index (χ3v) is 4.20. The van der Waals surface area contributed by atoms with E-state index in [0.29, 0.717) is 11.4 Å². The first-order chi connectivity index (χ1) is 8.02. The Bertz CT molecular complexity index is 415. The smallest absolute Gasteiger partial charge is 0.144 e. The van der Waals surface area contributed by atoms with Gasteiger partial charge in [-0.3, -0.25) is 4.79 Å². The van der Waals surface area contributed by atoms with E-state index in [2.05, 4.69) is 0 Å². The van der Waals surface area contributed by atoms with Crippen LogP contribution in [-0.4, -0.2) is 11.8 Å². The van der Waals surface area contributed by atoms with Gasteiger partial charge in [-0.05, 0) is 30.5 Å². The van der Waals surface area contributed by atoms with Gasteiger partial charge in [0, 0.05) is 22.9 Å². The second-order valence-corrected chi connectivity index (χ2v) is 5.58. The summed E-state index contributed by atoms with van der Waals surface area (Å²) in [7, 11) is 0. The zero-order valence-electron chi connectivity index (χ0n) is 10.1. The highest BCUT2D eigenvalue weighted by Gasteiger charge is 2.42. The Morgan fingerprint density at radius 3 is 2.65 bits per heavy atom. The Morgan fingerprint density at radius 1 is 1.47 bits per heavy atom. The number of carbonyl (C=O) groups is 1. The number of carbonyl (C=O) groups excluding carboxylic acids is 1. The molecule has 2 atom stereocenters. The Kier molecular flexibility index (Phi) is 3.55. The Morgan fingerprint density at radius 2 is 2.12 bits per heavy atom. The maximum absolute atomic E-state index is 12.3. The molecular formula is C14H18ClNO. The van der Waals surface area contributed by atoms with Crippen molar-refractivity contribution in [1.82, 2.24) is 0 Å². The molecule has 2 unspecified atom stereocenters. The molecule has 1 aromatic rings. The van der Waals surface area contributed by atoms with Crippen LogP contribution >= 0.6 is 11.6 Å². The SMILES string of the molecule is CC1(C(=O)Cc2ccc(Cl)cc2)CCCC1N. The van der Waals surface area contributed by atoms with Crippen LogP contribution in [0.15, 0.2) is 24.3 Å². The monoisotopic (exact) mass is 251 g/mol. The highest BCUT2D eigenvalue weighted by atomic mass is 35.5. The van der Waals surface area contributed by atoms with Crippen LogP contribution in [0.4, 0.5) is 0 Å².